The molecule has 0 unspecified atom stereocenters. The molecule has 2 rings (SSSR count). The van der Waals surface area contributed by atoms with E-state index in [9.17, 15) is 0 Å². The van der Waals surface area contributed by atoms with Crippen molar-refractivity contribution in [3.63, 3.8) is 0 Å². The Bertz CT molecular complexity index is 440. The van der Waals surface area contributed by atoms with E-state index >= 15 is 0 Å². The molecule has 1 aromatic carbocycles. The van der Waals surface area contributed by atoms with Gasteiger partial charge in [-0.1, -0.05) is 17.3 Å². The van der Waals surface area contributed by atoms with Gasteiger partial charge in [0.15, 0.2) is 5.84 Å². The molecule has 104 valence electrons. The highest BCUT2D eigenvalue weighted by Crippen LogP contribution is 2.26. The van der Waals surface area contributed by atoms with Gasteiger partial charge in [0.05, 0.1) is 0 Å². The molecule has 0 amide bonds. The summed E-state index contributed by atoms with van der Waals surface area (Å²) >= 11 is 0. The molecule has 1 aliphatic rings. The van der Waals surface area contributed by atoms with E-state index < -0.39 is 0 Å². The third-order valence-electron chi connectivity index (χ3n) is 3.65. The van der Waals surface area contributed by atoms with E-state index in [0.717, 1.165) is 43.8 Å². The van der Waals surface area contributed by atoms with Crippen LogP contribution in [0, 0.1) is 5.92 Å². The molecule has 5 nitrogen and oxygen atoms in total. The summed E-state index contributed by atoms with van der Waals surface area (Å²) in [7, 11) is 1.75. The second kappa shape index (κ2) is 6.43. The monoisotopic (exact) mass is 263 g/mol. The number of hydrogen-bond donors (Lipinski definition) is 2. The lowest BCUT2D eigenvalue weighted by atomic mass is 9.96. The Morgan fingerprint density at radius 2 is 2.11 bits per heavy atom. The van der Waals surface area contributed by atoms with Gasteiger partial charge in [-0.05, 0) is 30.9 Å². The number of ether oxygens (including phenoxy) is 1. The third-order valence-corrected chi connectivity index (χ3v) is 3.65. The summed E-state index contributed by atoms with van der Waals surface area (Å²) in [6, 6.07) is 7.77. The maximum Gasteiger partial charge on any atom is 0.172 e. The summed E-state index contributed by atoms with van der Waals surface area (Å²) in [6.45, 7) is 2.78. The Labute approximate surface area is 113 Å². The van der Waals surface area contributed by atoms with Gasteiger partial charge in [0.2, 0.25) is 0 Å². The van der Waals surface area contributed by atoms with Crippen LogP contribution in [0.25, 0.3) is 0 Å². The number of nitrogens with two attached hydrogens (primary N) is 1. The molecule has 19 heavy (non-hydrogen) atoms. The van der Waals surface area contributed by atoms with Crippen LogP contribution in [-0.2, 0) is 4.74 Å². The number of oxime groups is 1. The minimum Gasteiger partial charge on any atom is -0.409 e. The van der Waals surface area contributed by atoms with E-state index in [1.165, 1.54) is 0 Å². The van der Waals surface area contributed by atoms with Crippen LogP contribution in [0.4, 0.5) is 5.69 Å². The minimum atomic E-state index is 0.162. The lowest BCUT2D eigenvalue weighted by Gasteiger charge is -2.34. The van der Waals surface area contributed by atoms with Crippen LogP contribution in [0.5, 0.6) is 0 Å². The van der Waals surface area contributed by atoms with Crippen LogP contribution in [0.1, 0.15) is 18.4 Å². The van der Waals surface area contributed by atoms with Crippen molar-refractivity contribution >= 4 is 11.5 Å². The number of anilines is 1. The quantitative estimate of drug-likeness (QED) is 0.375. The first-order valence-corrected chi connectivity index (χ1v) is 6.57. The van der Waals surface area contributed by atoms with Crippen molar-refractivity contribution < 1.29 is 9.94 Å². The molecule has 1 aromatic rings. The van der Waals surface area contributed by atoms with Gasteiger partial charge in [0.25, 0.3) is 0 Å². The molecular weight excluding hydrogens is 242 g/mol. The Kier molecular flexibility index (Phi) is 4.63. The zero-order valence-electron chi connectivity index (χ0n) is 11.2. The fourth-order valence-electron chi connectivity index (χ4n) is 2.60. The fourth-order valence-corrected chi connectivity index (χ4v) is 2.60. The summed E-state index contributed by atoms with van der Waals surface area (Å²) in [5.41, 5.74) is 7.55. The van der Waals surface area contributed by atoms with Crippen molar-refractivity contribution in [1.82, 2.24) is 0 Å². The number of hydrogen-bond acceptors (Lipinski definition) is 4. The molecular formula is C14H21N3O2. The lowest BCUT2D eigenvalue weighted by molar-refractivity contribution is 0.139. The Morgan fingerprint density at radius 1 is 1.42 bits per heavy atom. The van der Waals surface area contributed by atoms with E-state index in [1.807, 2.05) is 24.3 Å². The molecule has 1 saturated heterocycles. The third kappa shape index (κ3) is 3.17. The fraction of sp³-hybridized carbons (Fsp3) is 0.500. The molecule has 5 heteroatoms. The summed E-state index contributed by atoms with van der Waals surface area (Å²) in [5, 5.41) is 12.0. The van der Waals surface area contributed by atoms with E-state index in [0.29, 0.717) is 5.92 Å². The van der Waals surface area contributed by atoms with Gasteiger partial charge in [-0.2, -0.15) is 0 Å². The van der Waals surface area contributed by atoms with Crippen molar-refractivity contribution in [3.8, 4) is 0 Å². The number of rotatable bonds is 4. The average Bonchev–Trinajstić information content (AvgIpc) is 2.47. The molecule has 0 bridgehead atoms. The molecule has 1 fully saturated rings. The highest BCUT2D eigenvalue weighted by Gasteiger charge is 2.21. The minimum absolute atomic E-state index is 0.162. The van der Waals surface area contributed by atoms with E-state index in [4.69, 9.17) is 15.7 Å². The second-order valence-corrected chi connectivity index (χ2v) is 4.89. The smallest absolute Gasteiger partial charge is 0.172 e. The van der Waals surface area contributed by atoms with Gasteiger partial charge >= 0.3 is 0 Å². The van der Waals surface area contributed by atoms with Crippen molar-refractivity contribution in [2.75, 3.05) is 31.7 Å². The van der Waals surface area contributed by atoms with Crippen LogP contribution in [0.2, 0.25) is 0 Å². The first-order chi connectivity index (χ1) is 9.26. The van der Waals surface area contributed by atoms with E-state index in [1.54, 1.807) is 7.11 Å². The molecule has 0 radical (unpaired) electrons. The van der Waals surface area contributed by atoms with Crippen molar-refractivity contribution in [1.29, 1.82) is 0 Å². The molecule has 1 aliphatic heterocycles. The van der Waals surface area contributed by atoms with Gasteiger partial charge in [0, 0.05) is 38.1 Å². The van der Waals surface area contributed by atoms with Crippen LogP contribution in [0.3, 0.4) is 0 Å². The summed E-state index contributed by atoms with van der Waals surface area (Å²) in [6.07, 6.45) is 2.22. The number of nitrogens with zero attached hydrogens (tertiary/aromatic N) is 2. The van der Waals surface area contributed by atoms with Crippen LogP contribution in [-0.4, -0.2) is 37.8 Å². The number of benzene rings is 1. The standard InChI is InChI=1S/C14H21N3O2/c1-19-10-11-6-8-17(9-7-11)13-5-3-2-4-12(13)14(15)16-18/h2-5,11,18H,6-10H2,1H3,(H2,15,16). The predicted octanol–water partition coefficient (Wildman–Crippen LogP) is 1.64. The zero-order chi connectivity index (χ0) is 13.7. The molecule has 0 aliphatic carbocycles. The van der Waals surface area contributed by atoms with Crippen molar-refractivity contribution in [2.24, 2.45) is 16.8 Å². The van der Waals surface area contributed by atoms with Gasteiger partial charge in [-0.15, -0.1) is 0 Å². The first kappa shape index (κ1) is 13.7. The van der Waals surface area contributed by atoms with Gasteiger partial charge in [-0.3, -0.25) is 0 Å². The van der Waals surface area contributed by atoms with E-state index in [2.05, 4.69) is 10.1 Å². The Morgan fingerprint density at radius 3 is 2.74 bits per heavy atom. The SMILES string of the molecule is COCC1CCN(c2ccccc2C(N)=NO)CC1. The predicted molar refractivity (Wildman–Crippen MR) is 75.8 cm³/mol. The largest absolute Gasteiger partial charge is 0.409 e. The first-order valence-electron chi connectivity index (χ1n) is 6.57. The second-order valence-electron chi connectivity index (χ2n) is 4.89. The maximum atomic E-state index is 8.85. The summed E-state index contributed by atoms with van der Waals surface area (Å²) in [5.74, 6) is 0.798. The molecule has 0 aromatic heterocycles. The molecule has 1 heterocycles. The summed E-state index contributed by atoms with van der Waals surface area (Å²) < 4.78 is 5.21. The summed E-state index contributed by atoms with van der Waals surface area (Å²) in [4.78, 5) is 2.29. The number of methoxy groups -OCH3 is 1. The molecule has 0 atom stereocenters. The van der Waals surface area contributed by atoms with Crippen molar-refractivity contribution in [2.45, 2.75) is 12.8 Å². The van der Waals surface area contributed by atoms with Gasteiger partial charge in [0.1, 0.15) is 0 Å². The van der Waals surface area contributed by atoms with Crippen LogP contribution >= 0.6 is 0 Å². The van der Waals surface area contributed by atoms with Gasteiger partial charge in [-0.25, -0.2) is 0 Å². The normalized spacial score (nSPS) is 17.7. The molecule has 3 N–H and O–H groups in total. The highest BCUT2D eigenvalue weighted by atomic mass is 16.5. The van der Waals surface area contributed by atoms with E-state index in [-0.39, 0.29) is 5.84 Å². The zero-order valence-corrected chi connectivity index (χ0v) is 11.2. The van der Waals surface area contributed by atoms with Gasteiger partial charge < -0.3 is 20.6 Å². The van der Waals surface area contributed by atoms with Crippen molar-refractivity contribution in [3.05, 3.63) is 29.8 Å². The highest BCUT2D eigenvalue weighted by molar-refractivity contribution is 6.02. The number of piperidine rings is 1. The molecule has 0 saturated carbocycles. The number of amidine groups is 1. The molecule has 0 spiro atoms. The Balaban J connectivity index is 2.11. The van der Waals surface area contributed by atoms with Crippen LogP contribution < -0.4 is 10.6 Å². The lowest BCUT2D eigenvalue weighted by Crippen LogP contribution is -2.36. The average molecular weight is 263 g/mol. The Hall–Kier alpha value is -1.75. The van der Waals surface area contributed by atoms with Crippen LogP contribution in [0.15, 0.2) is 29.4 Å². The number of para-hydroxylation sites is 1. The maximum absolute atomic E-state index is 8.85. The topological polar surface area (TPSA) is 71.1 Å².